The number of fused-ring (bicyclic) bond motifs is 1. The van der Waals surface area contributed by atoms with Crippen LogP contribution in [0.1, 0.15) is 26.6 Å². The van der Waals surface area contributed by atoms with Crippen molar-refractivity contribution >= 4 is 43.9 Å². The molecule has 1 aliphatic heterocycles. The number of pyridine rings is 1. The lowest BCUT2D eigenvalue weighted by molar-refractivity contribution is -0.117. The highest BCUT2D eigenvalue weighted by Crippen LogP contribution is 2.43. The first-order valence-corrected chi connectivity index (χ1v) is 14.5. The quantitative estimate of drug-likeness (QED) is 0.178. The third kappa shape index (κ3) is 5.43. The number of nitrogens with two attached hydrogens (primary N) is 3. The minimum atomic E-state index is -5.32. The summed E-state index contributed by atoms with van der Waals surface area (Å²) in [6.07, 6.45) is -3.99. The summed E-state index contributed by atoms with van der Waals surface area (Å²) in [5, 5.41) is -2.62. The number of H-pyrrole nitrogens is 1. The van der Waals surface area contributed by atoms with E-state index in [1.807, 2.05) is 0 Å². The van der Waals surface area contributed by atoms with Crippen LogP contribution in [-0.4, -0.2) is 60.0 Å². The van der Waals surface area contributed by atoms with Crippen LogP contribution in [0.2, 0.25) is 0 Å². The largest absolute Gasteiger partial charge is 0.420 e. The van der Waals surface area contributed by atoms with E-state index in [0.717, 1.165) is 18.2 Å². The van der Waals surface area contributed by atoms with Gasteiger partial charge in [-0.25, -0.2) is 23.5 Å². The maximum absolute atomic E-state index is 14.8. The highest BCUT2D eigenvalue weighted by molar-refractivity contribution is 7.88. The van der Waals surface area contributed by atoms with Crippen molar-refractivity contribution in [3.8, 4) is 22.6 Å². The van der Waals surface area contributed by atoms with Crippen molar-refractivity contribution in [2.24, 2.45) is 17.2 Å². The molecule has 3 aromatic rings. The number of carbonyl (C=O) groups excluding carboxylic acids is 2. The first kappa shape index (κ1) is 30.6. The van der Waals surface area contributed by atoms with Crippen LogP contribution in [0.25, 0.3) is 22.6 Å². The van der Waals surface area contributed by atoms with E-state index in [1.54, 1.807) is 20.8 Å². The molecule has 3 heterocycles. The number of hydrogen-bond acceptors (Lipinski definition) is 11. The maximum atomic E-state index is 14.8. The van der Waals surface area contributed by atoms with E-state index in [1.165, 1.54) is 6.07 Å². The van der Waals surface area contributed by atoms with Crippen LogP contribution < -0.4 is 26.4 Å². The van der Waals surface area contributed by atoms with Crippen LogP contribution >= 0.6 is 0 Å². The van der Waals surface area contributed by atoms with Gasteiger partial charge in [0.15, 0.2) is 12.1 Å². The van der Waals surface area contributed by atoms with Gasteiger partial charge in [0.1, 0.15) is 23.2 Å². The zero-order valence-corrected chi connectivity index (χ0v) is 23.6. The maximum Gasteiger partial charge on any atom is 0.420 e. The van der Waals surface area contributed by atoms with Gasteiger partial charge in [-0.3, -0.25) is 15.1 Å². The van der Waals surface area contributed by atoms with Gasteiger partial charge < -0.3 is 25.5 Å². The number of aromatic nitrogens is 3. The van der Waals surface area contributed by atoms with E-state index in [4.69, 9.17) is 17.2 Å². The first-order chi connectivity index (χ1) is 19.2. The molecule has 0 saturated carbocycles. The first-order valence-electron chi connectivity index (χ1n) is 11.6. The number of amides is 2. The Kier molecular flexibility index (Phi) is 7.38. The molecular formula is C22H24F2N8O8S2. The second-order valence-electron chi connectivity index (χ2n) is 9.97. The summed E-state index contributed by atoms with van der Waals surface area (Å²) in [5.74, 6) is -3.85. The van der Waals surface area contributed by atoms with Gasteiger partial charge in [0, 0.05) is 17.0 Å². The second-order valence-corrected chi connectivity index (χ2v) is 12.9. The number of rotatable bonds is 7. The van der Waals surface area contributed by atoms with Gasteiger partial charge in [0.2, 0.25) is 5.37 Å². The molecule has 226 valence electrons. The Balaban J connectivity index is 1.98. The third-order valence-corrected chi connectivity index (χ3v) is 8.23. The molecule has 0 bridgehead atoms. The molecule has 42 heavy (non-hydrogen) atoms. The average Bonchev–Trinajstić information content (AvgIpc) is 3.37. The minimum absolute atomic E-state index is 0.0201. The molecule has 0 fully saturated rings. The molecular weight excluding hydrogens is 606 g/mol. The van der Waals surface area contributed by atoms with Crippen molar-refractivity contribution in [2.75, 3.05) is 9.21 Å². The van der Waals surface area contributed by atoms with Crippen LogP contribution in [0.3, 0.4) is 0 Å². The van der Waals surface area contributed by atoms with Crippen LogP contribution in [0.15, 0.2) is 30.3 Å². The molecule has 0 aliphatic carbocycles. The number of halogens is 2. The summed E-state index contributed by atoms with van der Waals surface area (Å²) < 4.78 is 92.7. The monoisotopic (exact) mass is 630 g/mol. The number of hydrogen-bond donors (Lipinski definition) is 5. The molecule has 2 aromatic heterocycles. The molecule has 4 rings (SSSR count). The number of anilines is 2. The molecule has 8 N–H and O–H groups in total. The Morgan fingerprint density at radius 1 is 1.10 bits per heavy atom. The van der Waals surface area contributed by atoms with Crippen molar-refractivity contribution in [3.63, 3.8) is 0 Å². The van der Waals surface area contributed by atoms with Crippen molar-refractivity contribution in [2.45, 2.75) is 37.8 Å². The Hall–Kier alpha value is -4.40. The standard InChI is InChI=1S/C22H24F2N8O8S2/c1-22(2,3)19-29-14(10-5-4-9(23)8-11(10)24)15(30-19)12-6-7-13-17(28-12)32(42(37,38)39)20(26)31(13)18(16(25)33)41(35,36)40-21(27)34/h4-8,18,20H,26H2,1-3H3,(H2,25,33)(H2,27,34)(H,29,30)(H,37,38,39). The lowest BCUT2D eigenvalue weighted by Crippen LogP contribution is -2.61. The molecule has 0 spiro atoms. The summed E-state index contributed by atoms with van der Waals surface area (Å²) in [4.78, 5) is 35.5. The summed E-state index contributed by atoms with van der Waals surface area (Å²) in [7, 11) is -10.6. The zero-order chi connectivity index (χ0) is 31.5. The number of nitrogens with one attached hydrogen (secondary N) is 1. The molecule has 1 aliphatic rings. The van der Waals surface area contributed by atoms with Crippen molar-refractivity contribution in [1.29, 1.82) is 0 Å². The fourth-order valence-corrected chi connectivity index (χ4v) is 6.05. The van der Waals surface area contributed by atoms with Crippen LogP contribution in [0, 0.1) is 11.6 Å². The second kappa shape index (κ2) is 10.2. The van der Waals surface area contributed by atoms with Gasteiger partial charge in [-0.15, -0.1) is 0 Å². The van der Waals surface area contributed by atoms with Gasteiger partial charge >= 0.3 is 26.5 Å². The van der Waals surface area contributed by atoms with Crippen LogP contribution in [0.5, 0.6) is 0 Å². The minimum Gasteiger partial charge on any atom is -0.367 e. The Bertz CT molecular complexity index is 1830. The molecule has 16 nitrogen and oxygen atoms in total. The topological polar surface area (TPSA) is 258 Å². The summed E-state index contributed by atoms with van der Waals surface area (Å²) in [5.41, 5.74) is 14.6. The van der Waals surface area contributed by atoms with Crippen LogP contribution in [0.4, 0.5) is 25.1 Å². The lowest BCUT2D eigenvalue weighted by Gasteiger charge is -2.30. The highest BCUT2D eigenvalue weighted by Gasteiger charge is 2.51. The van der Waals surface area contributed by atoms with E-state index >= 15 is 0 Å². The molecule has 20 heteroatoms. The number of carbonyl (C=O) groups is 2. The van der Waals surface area contributed by atoms with E-state index in [0.29, 0.717) is 16.8 Å². The number of nitrogens with zero attached hydrogens (tertiary/aromatic N) is 4. The highest BCUT2D eigenvalue weighted by atomic mass is 32.2. The Labute approximate surface area is 237 Å². The van der Waals surface area contributed by atoms with E-state index in [9.17, 15) is 39.8 Å². The normalized spacial score (nSPS) is 16.3. The van der Waals surface area contributed by atoms with E-state index in [2.05, 4.69) is 19.1 Å². The molecule has 2 amide bonds. The number of benzene rings is 1. The predicted molar refractivity (Wildman–Crippen MR) is 143 cm³/mol. The molecule has 2 atom stereocenters. The van der Waals surface area contributed by atoms with E-state index in [-0.39, 0.29) is 27.0 Å². The number of imidazole rings is 1. The molecule has 2 unspecified atom stereocenters. The third-order valence-electron chi connectivity index (χ3n) is 5.94. The van der Waals surface area contributed by atoms with Gasteiger partial charge in [-0.05, 0) is 24.3 Å². The van der Waals surface area contributed by atoms with Crippen LogP contribution in [-0.2, 0) is 34.8 Å². The fourth-order valence-electron chi connectivity index (χ4n) is 4.20. The summed E-state index contributed by atoms with van der Waals surface area (Å²) >= 11 is 0. The van der Waals surface area contributed by atoms with Gasteiger partial charge in [-0.1, -0.05) is 20.8 Å². The molecule has 0 radical (unpaired) electrons. The van der Waals surface area contributed by atoms with E-state index < -0.39 is 72.6 Å². The van der Waals surface area contributed by atoms with Gasteiger partial charge in [0.05, 0.1) is 17.1 Å². The number of primary amides is 2. The smallest absolute Gasteiger partial charge is 0.367 e. The van der Waals surface area contributed by atoms with Crippen molar-refractivity contribution in [3.05, 3.63) is 47.8 Å². The van der Waals surface area contributed by atoms with Crippen molar-refractivity contribution in [1.82, 2.24) is 15.0 Å². The average molecular weight is 631 g/mol. The fraction of sp³-hybridized carbons (Fsp3) is 0.273. The number of aromatic amines is 1. The predicted octanol–water partition coefficient (Wildman–Crippen LogP) is 0.622. The molecule has 1 aromatic carbocycles. The van der Waals surface area contributed by atoms with Gasteiger partial charge in [-0.2, -0.15) is 21.1 Å². The summed E-state index contributed by atoms with van der Waals surface area (Å²) in [6.45, 7) is 5.35. The lowest BCUT2D eigenvalue weighted by atomic mass is 9.96. The zero-order valence-electron chi connectivity index (χ0n) is 21.9. The SMILES string of the molecule is CC(C)(C)c1nc(-c2ccc(F)cc2F)c(-c2ccc3c(n2)N(S(=O)(=O)O)C(N)N3C(C(N)=O)S(=O)(=O)OC(N)=O)[nH]1. The molecule has 0 saturated heterocycles. The Morgan fingerprint density at radius 3 is 2.26 bits per heavy atom. The van der Waals surface area contributed by atoms with Gasteiger partial charge in [0.25, 0.3) is 5.91 Å². The summed E-state index contributed by atoms with van der Waals surface area (Å²) in [6, 6.07) is 5.04. The van der Waals surface area contributed by atoms with Crippen molar-refractivity contribution < 1.29 is 43.9 Å². The Morgan fingerprint density at radius 2 is 1.74 bits per heavy atom.